The maximum absolute atomic E-state index is 10.6. The fourth-order valence-electron chi connectivity index (χ4n) is 1.29. The molecule has 88 valence electrons. The zero-order valence-electron chi connectivity index (χ0n) is 8.63. The summed E-state index contributed by atoms with van der Waals surface area (Å²) < 4.78 is 0. The number of hydrogen-bond acceptors (Lipinski definition) is 4. The summed E-state index contributed by atoms with van der Waals surface area (Å²) in [5.41, 5.74) is 11.1. The van der Waals surface area contributed by atoms with E-state index in [2.05, 4.69) is 5.32 Å². The molecule has 0 bridgehead atoms. The van der Waals surface area contributed by atoms with E-state index >= 15 is 0 Å². The Morgan fingerprint density at radius 2 is 2.12 bits per heavy atom. The quantitative estimate of drug-likeness (QED) is 0.475. The SMILES string of the molecule is NCC(O)C(O)c1cccc(NC(N)=O)c1. The predicted octanol–water partition coefficient (Wildman–Crippen LogP) is -0.470. The molecule has 1 rings (SSSR count). The number of rotatable bonds is 4. The minimum Gasteiger partial charge on any atom is -0.389 e. The number of aliphatic hydroxyl groups is 2. The smallest absolute Gasteiger partial charge is 0.316 e. The van der Waals surface area contributed by atoms with E-state index in [4.69, 9.17) is 11.5 Å². The summed E-state index contributed by atoms with van der Waals surface area (Å²) in [6.07, 6.45) is -2.12. The second kappa shape index (κ2) is 5.45. The molecule has 0 heterocycles. The Labute approximate surface area is 92.9 Å². The van der Waals surface area contributed by atoms with Gasteiger partial charge in [0, 0.05) is 12.2 Å². The molecule has 7 N–H and O–H groups in total. The van der Waals surface area contributed by atoms with Crippen molar-refractivity contribution in [1.82, 2.24) is 0 Å². The van der Waals surface area contributed by atoms with Crippen LogP contribution < -0.4 is 16.8 Å². The Bertz CT molecular complexity index is 370. The first-order valence-corrected chi connectivity index (χ1v) is 4.77. The summed E-state index contributed by atoms with van der Waals surface area (Å²) in [5, 5.41) is 21.4. The first-order valence-electron chi connectivity index (χ1n) is 4.77. The molecule has 1 aromatic carbocycles. The van der Waals surface area contributed by atoms with E-state index in [1.54, 1.807) is 18.2 Å². The number of hydrogen-bond donors (Lipinski definition) is 5. The predicted molar refractivity (Wildman–Crippen MR) is 59.7 cm³/mol. The second-order valence-corrected chi connectivity index (χ2v) is 3.36. The number of nitrogens with two attached hydrogens (primary N) is 2. The molecule has 0 aliphatic rings. The largest absolute Gasteiger partial charge is 0.389 e. The second-order valence-electron chi connectivity index (χ2n) is 3.36. The van der Waals surface area contributed by atoms with Gasteiger partial charge in [0.1, 0.15) is 6.10 Å². The van der Waals surface area contributed by atoms with Gasteiger partial charge in [0.2, 0.25) is 0 Å². The summed E-state index contributed by atoms with van der Waals surface area (Å²) in [5.74, 6) is 0. The molecule has 16 heavy (non-hydrogen) atoms. The number of aliphatic hydroxyl groups excluding tert-OH is 2. The van der Waals surface area contributed by atoms with Crippen LogP contribution in [0.15, 0.2) is 24.3 Å². The van der Waals surface area contributed by atoms with E-state index in [0.717, 1.165) is 0 Å². The zero-order chi connectivity index (χ0) is 12.1. The highest BCUT2D eigenvalue weighted by Gasteiger charge is 2.16. The van der Waals surface area contributed by atoms with Gasteiger partial charge < -0.3 is 27.0 Å². The summed E-state index contributed by atoms with van der Waals surface area (Å²) in [4.78, 5) is 10.6. The summed E-state index contributed by atoms with van der Waals surface area (Å²) >= 11 is 0. The molecule has 0 aromatic heterocycles. The lowest BCUT2D eigenvalue weighted by molar-refractivity contribution is 0.0244. The third kappa shape index (κ3) is 3.20. The van der Waals surface area contributed by atoms with Gasteiger partial charge in [0.25, 0.3) is 0 Å². The molecule has 2 atom stereocenters. The van der Waals surface area contributed by atoms with Crippen molar-refractivity contribution in [2.24, 2.45) is 11.5 Å². The highest BCUT2D eigenvalue weighted by Crippen LogP contribution is 2.19. The monoisotopic (exact) mass is 225 g/mol. The molecule has 2 unspecified atom stereocenters. The van der Waals surface area contributed by atoms with E-state index in [1.807, 2.05) is 0 Å². The van der Waals surface area contributed by atoms with E-state index in [-0.39, 0.29) is 6.54 Å². The normalized spacial score (nSPS) is 14.2. The molecule has 1 aromatic rings. The highest BCUT2D eigenvalue weighted by molar-refractivity contribution is 5.87. The van der Waals surface area contributed by atoms with Crippen molar-refractivity contribution in [3.05, 3.63) is 29.8 Å². The lowest BCUT2D eigenvalue weighted by Crippen LogP contribution is -2.27. The third-order valence-electron chi connectivity index (χ3n) is 2.10. The van der Waals surface area contributed by atoms with Crippen molar-refractivity contribution in [2.75, 3.05) is 11.9 Å². The molecular formula is C10H15N3O3. The average molecular weight is 225 g/mol. The minimum atomic E-state index is -1.08. The molecule has 6 nitrogen and oxygen atoms in total. The van der Waals surface area contributed by atoms with E-state index in [9.17, 15) is 15.0 Å². The van der Waals surface area contributed by atoms with Gasteiger partial charge in [-0.1, -0.05) is 12.1 Å². The van der Waals surface area contributed by atoms with Crippen molar-refractivity contribution in [2.45, 2.75) is 12.2 Å². The molecule has 0 saturated carbocycles. The number of carbonyl (C=O) groups excluding carboxylic acids is 1. The van der Waals surface area contributed by atoms with Crippen LogP contribution in [0, 0.1) is 0 Å². The fourth-order valence-corrected chi connectivity index (χ4v) is 1.29. The maximum atomic E-state index is 10.6. The molecule has 6 heteroatoms. The van der Waals surface area contributed by atoms with Gasteiger partial charge in [0.05, 0.1) is 6.10 Å². The van der Waals surface area contributed by atoms with Gasteiger partial charge in [-0.15, -0.1) is 0 Å². The van der Waals surface area contributed by atoms with Crippen LogP contribution in [0.1, 0.15) is 11.7 Å². The number of nitrogens with one attached hydrogen (secondary N) is 1. The lowest BCUT2D eigenvalue weighted by Gasteiger charge is -2.17. The topological polar surface area (TPSA) is 122 Å². The summed E-state index contributed by atoms with van der Waals surface area (Å²) in [6, 6.07) is 5.71. The van der Waals surface area contributed by atoms with Gasteiger partial charge >= 0.3 is 6.03 Å². The van der Waals surface area contributed by atoms with Crippen LogP contribution in [-0.2, 0) is 0 Å². The van der Waals surface area contributed by atoms with Crippen molar-refractivity contribution in [1.29, 1.82) is 0 Å². The average Bonchev–Trinajstić information content (AvgIpc) is 2.26. The highest BCUT2D eigenvalue weighted by atomic mass is 16.3. The van der Waals surface area contributed by atoms with Crippen LogP contribution >= 0.6 is 0 Å². The molecule has 0 saturated heterocycles. The van der Waals surface area contributed by atoms with Crippen molar-refractivity contribution >= 4 is 11.7 Å². The molecule has 0 fully saturated rings. The zero-order valence-corrected chi connectivity index (χ0v) is 8.63. The van der Waals surface area contributed by atoms with Gasteiger partial charge in [-0.2, -0.15) is 0 Å². The van der Waals surface area contributed by atoms with Crippen molar-refractivity contribution in [3.63, 3.8) is 0 Å². The Hall–Kier alpha value is -1.63. The number of urea groups is 1. The molecule has 0 aliphatic heterocycles. The van der Waals surface area contributed by atoms with Gasteiger partial charge in [0.15, 0.2) is 0 Å². The van der Waals surface area contributed by atoms with Crippen LogP contribution in [0.25, 0.3) is 0 Å². The van der Waals surface area contributed by atoms with Crippen molar-refractivity contribution < 1.29 is 15.0 Å². The lowest BCUT2D eigenvalue weighted by atomic mass is 10.0. The number of amides is 2. The maximum Gasteiger partial charge on any atom is 0.316 e. The Morgan fingerprint density at radius 3 is 2.69 bits per heavy atom. The van der Waals surface area contributed by atoms with E-state index in [1.165, 1.54) is 6.07 Å². The van der Waals surface area contributed by atoms with Crippen LogP contribution in [0.5, 0.6) is 0 Å². The standard InChI is InChI=1S/C10H15N3O3/c11-5-8(14)9(15)6-2-1-3-7(4-6)13-10(12)16/h1-4,8-9,14-15H,5,11H2,(H3,12,13,16). The molecule has 0 spiro atoms. The van der Waals surface area contributed by atoms with Crippen LogP contribution in [0.3, 0.4) is 0 Å². The number of primary amides is 1. The Balaban J connectivity index is 2.85. The minimum absolute atomic E-state index is 0.0470. The number of anilines is 1. The molecular weight excluding hydrogens is 210 g/mol. The van der Waals surface area contributed by atoms with Crippen LogP contribution in [-0.4, -0.2) is 28.9 Å². The van der Waals surface area contributed by atoms with Gasteiger partial charge in [-0.25, -0.2) is 4.79 Å². The van der Waals surface area contributed by atoms with E-state index < -0.39 is 18.2 Å². The Kier molecular flexibility index (Phi) is 4.24. The number of benzene rings is 1. The van der Waals surface area contributed by atoms with Crippen molar-refractivity contribution in [3.8, 4) is 0 Å². The summed E-state index contributed by atoms with van der Waals surface area (Å²) in [7, 11) is 0. The Morgan fingerprint density at radius 1 is 1.44 bits per heavy atom. The summed E-state index contributed by atoms with van der Waals surface area (Å²) in [6.45, 7) is -0.0470. The van der Waals surface area contributed by atoms with Gasteiger partial charge in [-0.3, -0.25) is 0 Å². The van der Waals surface area contributed by atoms with Crippen LogP contribution in [0.4, 0.5) is 10.5 Å². The molecule has 2 amide bonds. The molecule has 0 radical (unpaired) electrons. The first-order chi connectivity index (χ1) is 7.54. The molecule has 0 aliphatic carbocycles. The number of carbonyl (C=O) groups is 1. The third-order valence-corrected chi connectivity index (χ3v) is 2.10. The first kappa shape index (κ1) is 12.4. The van der Waals surface area contributed by atoms with Crippen LogP contribution in [0.2, 0.25) is 0 Å². The van der Waals surface area contributed by atoms with E-state index in [0.29, 0.717) is 11.3 Å². The van der Waals surface area contributed by atoms with Gasteiger partial charge in [-0.05, 0) is 17.7 Å². The fraction of sp³-hybridized carbons (Fsp3) is 0.300.